The zero-order valence-electron chi connectivity index (χ0n) is 11.4. The topological polar surface area (TPSA) is 61.4 Å². The Morgan fingerprint density at radius 2 is 1.84 bits per heavy atom. The number of rotatable bonds is 4. The Morgan fingerprint density at radius 3 is 2.42 bits per heavy atom. The first-order chi connectivity index (χ1) is 9.13. The highest BCUT2D eigenvalue weighted by Gasteiger charge is 2.32. The highest BCUT2D eigenvalue weighted by Crippen LogP contribution is 2.31. The Morgan fingerprint density at radius 1 is 1.21 bits per heavy atom. The number of hydrogen-bond donors (Lipinski definition) is 3. The van der Waals surface area contributed by atoms with Crippen LogP contribution in [0.15, 0.2) is 24.3 Å². The van der Waals surface area contributed by atoms with Crippen LogP contribution in [0.5, 0.6) is 5.75 Å². The Kier molecular flexibility index (Phi) is 4.43. The molecule has 1 fully saturated rings. The van der Waals surface area contributed by atoms with Crippen LogP contribution in [0.25, 0.3) is 0 Å². The molecule has 0 aromatic heterocycles. The van der Waals surface area contributed by atoms with Crippen LogP contribution in [-0.4, -0.2) is 23.6 Å². The third kappa shape index (κ3) is 3.70. The van der Waals surface area contributed by atoms with E-state index in [1.165, 1.54) is 19.3 Å². The van der Waals surface area contributed by atoms with Gasteiger partial charge in [0.2, 0.25) is 5.91 Å². The van der Waals surface area contributed by atoms with Gasteiger partial charge in [0.25, 0.3) is 0 Å². The van der Waals surface area contributed by atoms with E-state index in [1.54, 1.807) is 24.3 Å². The molecular formula is C15H22N2O2. The van der Waals surface area contributed by atoms with Crippen molar-refractivity contribution >= 4 is 11.6 Å². The predicted molar refractivity (Wildman–Crippen MR) is 76.2 cm³/mol. The largest absolute Gasteiger partial charge is 0.508 e. The molecule has 3 N–H and O–H groups in total. The zero-order chi connectivity index (χ0) is 13.7. The number of amides is 1. The minimum atomic E-state index is -0.0424. The van der Waals surface area contributed by atoms with Gasteiger partial charge in [-0.25, -0.2) is 0 Å². The zero-order valence-corrected chi connectivity index (χ0v) is 11.4. The van der Waals surface area contributed by atoms with Crippen molar-refractivity contribution in [3.63, 3.8) is 0 Å². The lowest BCUT2D eigenvalue weighted by Gasteiger charge is -2.36. The highest BCUT2D eigenvalue weighted by atomic mass is 16.3. The van der Waals surface area contributed by atoms with E-state index in [2.05, 4.69) is 10.6 Å². The number of nitrogens with one attached hydrogen (secondary N) is 2. The Balaban J connectivity index is 1.94. The maximum atomic E-state index is 12.1. The molecule has 104 valence electrons. The van der Waals surface area contributed by atoms with E-state index in [-0.39, 0.29) is 17.2 Å². The predicted octanol–water partition coefficient (Wildman–Crippen LogP) is 2.64. The smallest absolute Gasteiger partial charge is 0.226 e. The molecule has 0 saturated heterocycles. The van der Waals surface area contributed by atoms with Crippen LogP contribution in [0, 0.1) is 0 Å². The molecule has 1 aliphatic carbocycles. The summed E-state index contributed by atoms with van der Waals surface area (Å²) in [6.45, 7) is 0. The van der Waals surface area contributed by atoms with Crippen LogP contribution in [0.2, 0.25) is 0 Å². The van der Waals surface area contributed by atoms with Crippen molar-refractivity contribution in [3.8, 4) is 5.75 Å². The Hall–Kier alpha value is -1.55. The average molecular weight is 262 g/mol. The number of hydrogen-bond acceptors (Lipinski definition) is 3. The van der Waals surface area contributed by atoms with E-state index in [0.29, 0.717) is 6.42 Å². The number of aromatic hydroxyl groups is 1. The first kappa shape index (κ1) is 13.9. The second-order valence-corrected chi connectivity index (χ2v) is 5.36. The molecule has 2 rings (SSSR count). The molecule has 19 heavy (non-hydrogen) atoms. The maximum absolute atomic E-state index is 12.1. The molecule has 0 unspecified atom stereocenters. The second-order valence-electron chi connectivity index (χ2n) is 5.36. The molecule has 4 heteroatoms. The van der Waals surface area contributed by atoms with Crippen molar-refractivity contribution < 1.29 is 9.90 Å². The lowest BCUT2D eigenvalue weighted by Crippen LogP contribution is -2.47. The SMILES string of the molecule is CNC1(CC(=O)Nc2ccc(O)cc2)CCCCC1. The number of carbonyl (C=O) groups is 1. The first-order valence-corrected chi connectivity index (χ1v) is 6.91. The average Bonchev–Trinajstić information content (AvgIpc) is 2.42. The van der Waals surface area contributed by atoms with E-state index in [1.807, 2.05) is 7.05 Å². The summed E-state index contributed by atoms with van der Waals surface area (Å²) in [7, 11) is 1.94. The van der Waals surface area contributed by atoms with Crippen molar-refractivity contribution in [2.24, 2.45) is 0 Å². The van der Waals surface area contributed by atoms with Crippen LogP contribution in [0.4, 0.5) is 5.69 Å². The van der Waals surface area contributed by atoms with Crippen LogP contribution in [-0.2, 0) is 4.79 Å². The number of anilines is 1. The molecular weight excluding hydrogens is 240 g/mol. The van der Waals surface area contributed by atoms with Gasteiger partial charge in [-0.3, -0.25) is 4.79 Å². The summed E-state index contributed by atoms with van der Waals surface area (Å²) >= 11 is 0. The van der Waals surface area contributed by atoms with Gasteiger partial charge in [0, 0.05) is 17.6 Å². The van der Waals surface area contributed by atoms with Crippen LogP contribution < -0.4 is 10.6 Å². The van der Waals surface area contributed by atoms with Gasteiger partial charge in [-0.1, -0.05) is 19.3 Å². The molecule has 0 bridgehead atoms. The van der Waals surface area contributed by atoms with Gasteiger partial charge >= 0.3 is 0 Å². The van der Waals surface area contributed by atoms with E-state index < -0.39 is 0 Å². The summed E-state index contributed by atoms with van der Waals surface area (Å²) in [5, 5.41) is 15.4. The fourth-order valence-corrected chi connectivity index (χ4v) is 2.80. The third-order valence-corrected chi connectivity index (χ3v) is 3.99. The molecule has 1 amide bonds. The van der Waals surface area contributed by atoms with E-state index in [4.69, 9.17) is 0 Å². The van der Waals surface area contributed by atoms with Gasteiger partial charge in [-0.15, -0.1) is 0 Å². The van der Waals surface area contributed by atoms with Crippen LogP contribution in [0.1, 0.15) is 38.5 Å². The number of benzene rings is 1. The Bertz CT molecular complexity index is 422. The minimum Gasteiger partial charge on any atom is -0.508 e. The molecule has 0 radical (unpaired) electrons. The molecule has 1 saturated carbocycles. The third-order valence-electron chi connectivity index (χ3n) is 3.99. The van der Waals surface area contributed by atoms with E-state index >= 15 is 0 Å². The van der Waals surface area contributed by atoms with Crippen molar-refractivity contribution in [1.29, 1.82) is 0 Å². The molecule has 1 aromatic rings. The van der Waals surface area contributed by atoms with Crippen molar-refractivity contribution in [2.45, 2.75) is 44.1 Å². The van der Waals surface area contributed by atoms with Crippen LogP contribution >= 0.6 is 0 Å². The normalized spacial score (nSPS) is 17.9. The summed E-state index contributed by atoms with van der Waals surface area (Å²) in [6, 6.07) is 6.56. The Labute approximate surface area is 114 Å². The lowest BCUT2D eigenvalue weighted by molar-refractivity contribution is -0.117. The number of carbonyl (C=O) groups excluding carboxylic acids is 1. The van der Waals surface area contributed by atoms with Crippen LogP contribution in [0.3, 0.4) is 0 Å². The van der Waals surface area contributed by atoms with E-state index in [0.717, 1.165) is 18.5 Å². The number of phenols is 1. The fraction of sp³-hybridized carbons (Fsp3) is 0.533. The standard InChI is InChI=1S/C15H22N2O2/c1-16-15(9-3-2-4-10-15)11-14(19)17-12-5-7-13(18)8-6-12/h5-8,16,18H,2-4,9-11H2,1H3,(H,17,19). The fourth-order valence-electron chi connectivity index (χ4n) is 2.80. The summed E-state index contributed by atoms with van der Waals surface area (Å²) in [5.74, 6) is 0.235. The van der Waals surface area contributed by atoms with Gasteiger partial charge < -0.3 is 15.7 Å². The lowest BCUT2D eigenvalue weighted by atomic mass is 9.79. The van der Waals surface area contributed by atoms with Gasteiger partial charge in [0.1, 0.15) is 5.75 Å². The van der Waals surface area contributed by atoms with Gasteiger partial charge in [-0.05, 0) is 44.2 Å². The van der Waals surface area contributed by atoms with Gasteiger partial charge in [0.05, 0.1) is 0 Å². The first-order valence-electron chi connectivity index (χ1n) is 6.91. The number of phenolic OH excluding ortho intramolecular Hbond substituents is 1. The summed E-state index contributed by atoms with van der Waals surface area (Å²) in [5.41, 5.74) is 0.684. The van der Waals surface area contributed by atoms with Crippen molar-refractivity contribution in [3.05, 3.63) is 24.3 Å². The molecule has 0 heterocycles. The van der Waals surface area contributed by atoms with E-state index in [9.17, 15) is 9.90 Å². The van der Waals surface area contributed by atoms with Gasteiger partial charge in [-0.2, -0.15) is 0 Å². The summed E-state index contributed by atoms with van der Waals surface area (Å²) < 4.78 is 0. The molecule has 0 atom stereocenters. The second kappa shape index (κ2) is 6.06. The highest BCUT2D eigenvalue weighted by molar-refractivity contribution is 5.91. The quantitative estimate of drug-likeness (QED) is 0.731. The van der Waals surface area contributed by atoms with Crippen molar-refractivity contribution in [2.75, 3.05) is 12.4 Å². The summed E-state index contributed by atoms with van der Waals surface area (Å²) in [4.78, 5) is 12.1. The monoisotopic (exact) mass is 262 g/mol. The molecule has 4 nitrogen and oxygen atoms in total. The molecule has 1 aromatic carbocycles. The minimum absolute atomic E-state index is 0.0296. The van der Waals surface area contributed by atoms with Crippen molar-refractivity contribution in [1.82, 2.24) is 5.32 Å². The summed E-state index contributed by atoms with van der Waals surface area (Å²) in [6.07, 6.45) is 6.27. The molecule has 1 aliphatic rings. The molecule has 0 spiro atoms. The molecule has 0 aliphatic heterocycles. The van der Waals surface area contributed by atoms with Gasteiger partial charge in [0.15, 0.2) is 0 Å². The maximum Gasteiger partial charge on any atom is 0.226 e.